The van der Waals surface area contributed by atoms with E-state index in [4.69, 9.17) is 11.2 Å². The molecule has 0 fully saturated rings. The second-order valence-corrected chi connectivity index (χ2v) is 14.9. The van der Waals surface area contributed by atoms with Gasteiger partial charge in [0.05, 0.1) is 0 Å². The van der Waals surface area contributed by atoms with Crippen LogP contribution in [-0.4, -0.2) is 15.5 Å². The van der Waals surface area contributed by atoms with Gasteiger partial charge in [-0.15, -0.1) is 0 Å². The van der Waals surface area contributed by atoms with E-state index in [0.717, 1.165) is 0 Å². The Hall–Kier alpha value is 0.720. The molecule has 14 heavy (non-hydrogen) atoms. The molecule has 0 bridgehead atoms. The average molecular weight is 239 g/mol. The molecule has 0 aliphatic heterocycles. The van der Waals surface area contributed by atoms with Crippen molar-refractivity contribution in [3.63, 3.8) is 0 Å². The fourth-order valence-corrected chi connectivity index (χ4v) is 10.1. The van der Waals surface area contributed by atoms with E-state index in [1.54, 1.807) is 0 Å². The quantitative estimate of drug-likeness (QED) is 0.504. The van der Waals surface area contributed by atoms with Gasteiger partial charge in [-0.25, -0.2) is 0 Å². The van der Waals surface area contributed by atoms with Gasteiger partial charge in [0, 0.05) is 0 Å². The monoisotopic (exact) mass is 238 g/mol. The van der Waals surface area contributed by atoms with E-state index in [2.05, 4.69) is 62.3 Å². The van der Waals surface area contributed by atoms with E-state index in [1.165, 1.54) is 0 Å². The molecule has 2 heteroatoms. The minimum atomic E-state index is -1.88. The molecule has 0 aromatic heterocycles. The third kappa shape index (κ3) is 2.27. The number of rotatable bonds is 0. The van der Waals surface area contributed by atoms with Gasteiger partial charge in [-0.05, 0) is 0 Å². The first kappa shape index (κ1) is 14.7. The molecule has 0 saturated heterocycles. The zero-order valence-corrected chi connectivity index (χ0v) is 13.1. The Kier molecular flexibility index (Phi) is 3.82. The summed E-state index contributed by atoms with van der Waals surface area (Å²) in [6, 6.07) is 0. The molecule has 0 aromatic carbocycles. The Morgan fingerprint density at radius 2 is 0.714 bits per heavy atom. The third-order valence-electron chi connectivity index (χ3n) is 3.10. The first-order valence-electron chi connectivity index (χ1n) is 5.44. The van der Waals surface area contributed by atoms with Crippen LogP contribution >= 0.6 is 17.9 Å². The van der Waals surface area contributed by atoms with Crippen LogP contribution in [0.3, 0.4) is 0 Å². The van der Waals surface area contributed by atoms with Crippen LogP contribution in [0.25, 0.3) is 0 Å². The summed E-state index contributed by atoms with van der Waals surface area (Å²) in [4.78, 5) is 0. The summed E-state index contributed by atoms with van der Waals surface area (Å²) in [7, 11) is 0. The Morgan fingerprint density at radius 1 is 0.571 bits per heavy atom. The zero-order chi connectivity index (χ0) is 12.0. The summed E-state index contributed by atoms with van der Waals surface area (Å²) in [6.45, 7) is 18.8. The molecule has 0 aromatic rings. The second kappa shape index (κ2) is 3.63. The standard InChI is InChI=1S/C12H28ClP/c1-10(2,3)14(13,11(4,5)6)12(7,8)9/h14H,1-9H3. The van der Waals surface area contributed by atoms with Crippen LogP contribution < -0.4 is 0 Å². The van der Waals surface area contributed by atoms with Gasteiger partial charge in [-0.3, -0.25) is 0 Å². The summed E-state index contributed by atoms with van der Waals surface area (Å²) in [6.07, 6.45) is 0. The van der Waals surface area contributed by atoms with Gasteiger partial charge in [0.15, 0.2) is 0 Å². The van der Waals surface area contributed by atoms with Gasteiger partial charge >= 0.3 is 95.6 Å². The summed E-state index contributed by atoms with van der Waals surface area (Å²) >= 11 is 7.11. The van der Waals surface area contributed by atoms with Crippen LogP contribution in [0.5, 0.6) is 0 Å². The van der Waals surface area contributed by atoms with E-state index in [0.29, 0.717) is 0 Å². The molecule has 0 atom stereocenters. The molecule has 0 rings (SSSR count). The first-order valence-corrected chi connectivity index (χ1v) is 8.45. The van der Waals surface area contributed by atoms with Crippen molar-refractivity contribution in [1.82, 2.24) is 0 Å². The molecule has 0 unspecified atom stereocenters. The van der Waals surface area contributed by atoms with Crippen molar-refractivity contribution in [3.8, 4) is 0 Å². The Bertz CT molecular complexity index is 164. The van der Waals surface area contributed by atoms with Crippen LogP contribution in [-0.2, 0) is 0 Å². The molecule has 0 spiro atoms. The predicted molar refractivity (Wildman–Crippen MR) is 73.4 cm³/mol. The molecule has 0 radical (unpaired) electrons. The van der Waals surface area contributed by atoms with Crippen LogP contribution in [0, 0.1) is 0 Å². The fraction of sp³-hybridized carbons (Fsp3) is 1.00. The summed E-state index contributed by atoms with van der Waals surface area (Å²) in [5, 5.41) is 0.682. The van der Waals surface area contributed by atoms with Crippen LogP contribution in [0.15, 0.2) is 0 Å². The average Bonchev–Trinajstić information content (AvgIpc) is 1.77. The van der Waals surface area contributed by atoms with Crippen LogP contribution in [0.1, 0.15) is 62.3 Å². The molecule has 0 amide bonds. The summed E-state index contributed by atoms with van der Waals surface area (Å²) in [5.74, 6) is 0. The maximum atomic E-state index is 7.11. The zero-order valence-electron chi connectivity index (χ0n) is 11.4. The third-order valence-corrected chi connectivity index (χ3v) is 14.4. The molecule has 88 valence electrons. The molecule has 0 nitrogen and oxygen atoms in total. The Labute approximate surface area is 95.9 Å². The first-order chi connectivity index (χ1) is 5.75. The van der Waals surface area contributed by atoms with Gasteiger partial charge in [-0.2, -0.15) is 0 Å². The van der Waals surface area contributed by atoms with Crippen molar-refractivity contribution >= 4 is 17.9 Å². The van der Waals surface area contributed by atoms with E-state index in [1.807, 2.05) is 0 Å². The van der Waals surface area contributed by atoms with Crippen LogP contribution in [0.2, 0.25) is 0 Å². The molecule has 0 aliphatic rings. The van der Waals surface area contributed by atoms with E-state index >= 15 is 0 Å². The molecule has 0 aliphatic carbocycles. The molecule has 0 N–H and O–H groups in total. The van der Waals surface area contributed by atoms with Crippen molar-refractivity contribution in [2.45, 2.75) is 77.8 Å². The SMILES string of the molecule is CC(C)(C)[PH](Cl)(C(C)(C)C)C(C)(C)C. The van der Waals surface area contributed by atoms with Crippen molar-refractivity contribution in [3.05, 3.63) is 0 Å². The van der Waals surface area contributed by atoms with Gasteiger partial charge < -0.3 is 0 Å². The molecular formula is C12H28ClP. The van der Waals surface area contributed by atoms with E-state index in [9.17, 15) is 0 Å². The number of halogens is 1. The number of hydrogen-bond acceptors (Lipinski definition) is 0. The summed E-state index contributed by atoms with van der Waals surface area (Å²) in [5.41, 5.74) is 0. The topological polar surface area (TPSA) is 0 Å². The van der Waals surface area contributed by atoms with Crippen molar-refractivity contribution in [2.75, 3.05) is 0 Å². The fourth-order valence-electron chi connectivity index (χ4n) is 3.38. The van der Waals surface area contributed by atoms with Gasteiger partial charge in [-0.1, -0.05) is 0 Å². The Balaban J connectivity index is 5.54. The second-order valence-electron chi connectivity index (χ2n) is 7.41. The van der Waals surface area contributed by atoms with Crippen molar-refractivity contribution < 1.29 is 0 Å². The maximum absolute atomic E-state index is 7.11. The van der Waals surface area contributed by atoms with Gasteiger partial charge in [0.2, 0.25) is 0 Å². The minimum absolute atomic E-state index is 0.227. The van der Waals surface area contributed by atoms with Crippen LogP contribution in [0.4, 0.5) is 0 Å². The Morgan fingerprint density at radius 3 is 0.714 bits per heavy atom. The normalized spacial score (nSPS) is 17.0. The van der Waals surface area contributed by atoms with Crippen molar-refractivity contribution in [2.24, 2.45) is 0 Å². The van der Waals surface area contributed by atoms with E-state index < -0.39 is 6.62 Å². The van der Waals surface area contributed by atoms with Gasteiger partial charge in [0.1, 0.15) is 0 Å². The number of hydrogen-bond donors (Lipinski definition) is 0. The molecule has 0 heterocycles. The summed E-state index contributed by atoms with van der Waals surface area (Å²) < 4.78 is 0. The molecular weight excluding hydrogens is 211 g/mol. The predicted octanol–water partition coefficient (Wildman–Crippen LogP) is 5.29. The van der Waals surface area contributed by atoms with Crippen molar-refractivity contribution in [1.29, 1.82) is 0 Å². The molecule has 0 saturated carbocycles. The van der Waals surface area contributed by atoms with E-state index in [-0.39, 0.29) is 15.5 Å². The van der Waals surface area contributed by atoms with Gasteiger partial charge in [0.25, 0.3) is 0 Å².